The maximum absolute atomic E-state index is 11.9. The number of nitrogens with one attached hydrogen (secondary N) is 1. The minimum atomic E-state index is 0.146. The molecule has 104 valence electrons. The zero-order valence-corrected chi connectivity index (χ0v) is 11.3. The molecule has 0 saturated carbocycles. The minimum absolute atomic E-state index is 0.146. The van der Waals surface area contributed by atoms with Gasteiger partial charge in [-0.15, -0.1) is 0 Å². The summed E-state index contributed by atoms with van der Waals surface area (Å²) in [5.41, 5.74) is 7.26. The van der Waals surface area contributed by atoms with Crippen molar-refractivity contribution in [1.82, 2.24) is 4.90 Å². The summed E-state index contributed by atoms with van der Waals surface area (Å²) < 4.78 is 5.42. The van der Waals surface area contributed by atoms with Gasteiger partial charge >= 0.3 is 0 Å². The number of rotatable bonds is 5. The molecule has 0 bridgehead atoms. The van der Waals surface area contributed by atoms with Crippen LogP contribution in [0.15, 0.2) is 18.2 Å². The van der Waals surface area contributed by atoms with Crippen molar-refractivity contribution in [2.24, 2.45) is 0 Å². The van der Waals surface area contributed by atoms with Gasteiger partial charge in [-0.25, -0.2) is 0 Å². The van der Waals surface area contributed by atoms with Crippen LogP contribution in [0.25, 0.3) is 0 Å². The normalized spacial score (nSPS) is 14.5. The Hall–Kier alpha value is -1.91. The maximum Gasteiger partial charge on any atom is 0.241 e. The number of likely N-dealkylation sites (tertiary alicyclic amines) is 1. The number of benzene rings is 1. The van der Waals surface area contributed by atoms with Crippen LogP contribution < -0.4 is 15.8 Å². The van der Waals surface area contributed by atoms with Gasteiger partial charge in [-0.05, 0) is 31.9 Å². The number of anilines is 2. The molecule has 1 aliphatic heterocycles. The van der Waals surface area contributed by atoms with Gasteiger partial charge in [-0.2, -0.15) is 0 Å². The lowest BCUT2D eigenvalue weighted by Gasteiger charge is -2.16. The molecule has 0 atom stereocenters. The van der Waals surface area contributed by atoms with Gasteiger partial charge in [0.25, 0.3) is 0 Å². The van der Waals surface area contributed by atoms with Crippen molar-refractivity contribution in [2.45, 2.75) is 19.8 Å². The number of carbonyl (C=O) groups is 1. The molecule has 0 aromatic heterocycles. The van der Waals surface area contributed by atoms with Gasteiger partial charge in [0.15, 0.2) is 0 Å². The Labute approximate surface area is 113 Å². The summed E-state index contributed by atoms with van der Waals surface area (Å²) in [6.07, 6.45) is 2.23. The number of amides is 1. The maximum atomic E-state index is 11.9. The SMILES string of the molecule is CCOc1cc(NCC(=O)N2CCCC2)ccc1N. The zero-order valence-electron chi connectivity index (χ0n) is 11.3. The van der Waals surface area contributed by atoms with Gasteiger partial charge in [0.2, 0.25) is 5.91 Å². The molecule has 0 aliphatic carbocycles. The molecule has 0 radical (unpaired) electrons. The fourth-order valence-corrected chi connectivity index (χ4v) is 2.18. The summed E-state index contributed by atoms with van der Waals surface area (Å²) >= 11 is 0. The van der Waals surface area contributed by atoms with E-state index in [0.717, 1.165) is 31.6 Å². The lowest BCUT2D eigenvalue weighted by Crippen LogP contribution is -2.32. The van der Waals surface area contributed by atoms with Gasteiger partial charge in [0.05, 0.1) is 18.8 Å². The number of carbonyl (C=O) groups excluding carboxylic acids is 1. The van der Waals surface area contributed by atoms with Crippen LogP contribution in [0.1, 0.15) is 19.8 Å². The average Bonchev–Trinajstić information content (AvgIpc) is 2.93. The third kappa shape index (κ3) is 3.53. The zero-order chi connectivity index (χ0) is 13.7. The first-order chi connectivity index (χ1) is 9.20. The van der Waals surface area contributed by atoms with E-state index in [0.29, 0.717) is 24.6 Å². The van der Waals surface area contributed by atoms with Crippen molar-refractivity contribution < 1.29 is 9.53 Å². The van der Waals surface area contributed by atoms with Gasteiger partial charge in [0, 0.05) is 24.8 Å². The second-order valence-corrected chi connectivity index (χ2v) is 4.63. The molecule has 5 nitrogen and oxygen atoms in total. The molecule has 3 N–H and O–H groups in total. The highest BCUT2D eigenvalue weighted by molar-refractivity contribution is 5.81. The first-order valence-electron chi connectivity index (χ1n) is 6.74. The molecule has 1 aromatic rings. The molecule has 1 aromatic carbocycles. The van der Waals surface area contributed by atoms with E-state index >= 15 is 0 Å². The highest BCUT2D eigenvalue weighted by Gasteiger charge is 2.17. The molecule has 1 fully saturated rings. The molecule has 1 saturated heterocycles. The van der Waals surface area contributed by atoms with E-state index in [2.05, 4.69) is 5.32 Å². The van der Waals surface area contributed by atoms with Crippen LogP contribution in [0.2, 0.25) is 0 Å². The lowest BCUT2D eigenvalue weighted by atomic mass is 10.2. The van der Waals surface area contributed by atoms with Crippen molar-refractivity contribution in [2.75, 3.05) is 37.3 Å². The van der Waals surface area contributed by atoms with Crippen molar-refractivity contribution in [3.8, 4) is 5.75 Å². The van der Waals surface area contributed by atoms with E-state index in [1.165, 1.54) is 0 Å². The number of nitrogen functional groups attached to an aromatic ring is 1. The molecule has 19 heavy (non-hydrogen) atoms. The largest absolute Gasteiger partial charge is 0.492 e. The van der Waals surface area contributed by atoms with E-state index in [1.807, 2.05) is 24.0 Å². The summed E-state index contributed by atoms with van der Waals surface area (Å²) in [5.74, 6) is 0.799. The van der Waals surface area contributed by atoms with Crippen LogP contribution in [0.3, 0.4) is 0 Å². The number of nitrogens with zero attached hydrogens (tertiary/aromatic N) is 1. The van der Waals surface area contributed by atoms with Crippen molar-refractivity contribution >= 4 is 17.3 Å². The third-order valence-corrected chi connectivity index (χ3v) is 3.22. The molecule has 2 rings (SSSR count). The lowest BCUT2D eigenvalue weighted by molar-refractivity contribution is -0.128. The highest BCUT2D eigenvalue weighted by atomic mass is 16.5. The van der Waals surface area contributed by atoms with E-state index in [-0.39, 0.29) is 5.91 Å². The summed E-state index contributed by atoms with van der Waals surface area (Å²) in [6.45, 7) is 4.56. The molecule has 1 heterocycles. The van der Waals surface area contributed by atoms with E-state index in [9.17, 15) is 4.79 Å². The second kappa shape index (κ2) is 6.31. The predicted molar refractivity (Wildman–Crippen MR) is 76.3 cm³/mol. The number of hydrogen-bond acceptors (Lipinski definition) is 4. The van der Waals surface area contributed by atoms with E-state index < -0.39 is 0 Å². The van der Waals surface area contributed by atoms with Crippen LogP contribution in [-0.4, -0.2) is 37.0 Å². The molecular weight excluding hydrogens is 242 g/mol. The number of nitrogens with two attached hydrogens (primary N) is 1. The highest BCUT2D eigenvalue weighted by Crippen LogP contribution is 2.25. The standard InChI is InChI=1S/C14H21N3O2/c1-2-19-13-9-11(5-6-12(13)15)16-10-14(18)17-7-3-4-8-17/h5-6,9,16H,2-4,7-8,10,15H2,1H3. The van der Waals surface area contributed by atoms with Crippen LogP contribution in [0.5, 0.6) is 5.75 Å². The second-order valence-electron chi connectivity index (χ2n) is 4.63. The molecule has 1 aliphatic rings. The Morgan fingerprint density at radius 2 is 2.16 bits per heavy atom. The fraction of sp³-hybridized carbons (Fsp3) is 0.500. The predicted octanol–water partition coefficient (Wildman–Crippen LogP) is 1.70. The summed E-state index contributed by atoms with van der Waals surface area (Å²) in [6, 6.07) is 5.47. The van der Waals surface area contributed by atoms with Crippen LogP contribution >= 0.6 is 0 Å². The first kappa shape index (κ1) is 13.5. The van der Waals surface area contributed by atoms with Gasteiger partial charge in [-0.1, -0.05) is 0 Å². The monoisotopic (exact) mass is 263 g/mol. The number of hydrogen-bond donors (Lipinski definition) is 2. The van der Waals surface area contributed by atoms with Crippen LogP contribution in [0, 0.1) is 0 Å². The van der Waals surface area contributed by atoms with Crippen LogP contribution in [0.4, 0.5) is 11.4 Å². The summed E-state index contributed by atoms with van der Waals surface area (Å²) in [5, 5.41) is 3.12. The van der Waals surface area contributed by atoms with Crippen molar-refractivity contribution in [1.29, 1.82) is 0 Å². The molecule has 0 unspecified atom stereocenters. The molecular formula is C14H21N3O2. The quantitative estimate of drug-likeness (QED) is 0.793. The molecule has 5 heteroatoms. The molecule has 0 spiro atoms. The van der Waals surface area contributed by atoms with Gasteiger partial charge in [0.1, 0.15) is 5.75 Å². The smallest absolute Gasteiger partial charge is 0.241 e. The van der Waals surface area contributed by atoms with E-state index in [1.54, 1.807) is 6.07 Å². The van der Waals surface area contributed by atoms with Crippen LogP contribution in [-0.2, 0) is 4.79 Å². The van der Waals surface area contributed by atoms with Gasteiger partial charge in [-0.3, -0.25) is 4.79 Å². The third-order valence-electron chi connectivity index (χ3n) is 3.22. The Balaban J connectivity index is 1.91. The average molecular weight is 263 g/mol. The van der Waals surface area contributed by atoms with Gasteiger partial charge < -0.3 is 20.7 Å². The fourth-order valence-electron chi connectivity index (χ4n) is 2.18. The summed E-state index contributed by atoms with van der Waals surface area (Å²) in [7, 11) is 0. The Morgan fingerprint density at radius 1 is 1.42 bits per heavy atom. The minimum Gasteiger partial charge on any atom is -0.492 e. The number of ether oxygens (including phenoxy) is 1. The van der Waals surface area contributed by atoms with E-state index in [4.69, 9.17) is 10.5 Å². The molecule has 1 amide bonds. The van der Waals surface area contributed by atoms with Crippen molar-refractivity contribution in [3.63, 3.8) is 0 Å². The van der Waals surface area contributed by atoms with Crippen molar-refractivity contribution in [3.05, 3.63) is 18.2 Å². The Kier molecular flexibility index (Phi) is 4.49. The topological polar surface area (TPSA) is 67.6 Å². The Bertz CT molecular complexity index is 442. The first-order valence-corrected chi connectivity index (χ1v) is 6.74. The summed E-state index contributed by atoms with van der Waals surface area (Å²) in [4.78, 5) is 13.8. The Morgan fingerprint density at radius 3 is 2.84 bits per heavy atom.